The number of hydrogen-bond donors (Lipinski definition) is 0. The largest absolute Gasteiger partial charge is 0.208 e. The summed E-state index contributed by atoms with van der Waals surface area (Å²) >= 11 is 5.65. The Bertz CT molecular complexity index is 1720. The highest BCUT2D eigenvalue weighted by Crippen LogP contribution is 2.34. The van der Waals surface area contributed by atoms with E-state index in [1.54, 1.807) is 0 Å². The first-order valence-corrected chi connectivity index (χ1v) is 20.0. The number of thioether (sulfide) groups is 3. The number of aliphatic imine (C=N–C) groups is 6. The molecular weight excluding hydrogens is 649 g/mol. The second kappa shape index (κ2) is 14.3. The van der Waals surface area contributed by atoms with Crippen LogP contribution in [0.5, 0.6) is 0 Å². The monoisotopic (exact) mass is 690 g/mol. The van der Waals surface area contributed by atoms with Crippen molar-refractivity contribution < 1.29 is 0 Å². The van der Waals surface area contributed by atoms with Crippen LogP contribution in [0.25, 0.3) is 0 Å². The molecule has 0 fully saturated rings. The standard InChI is InChI=1S/C39H42N6S3/c1-22(2)13-16-46-25-7-10-28-31(19-25)37-40-34(28)44-38-33-21-27(48-18-15-24(5)6)9-12-30(33)36(42-38)45-39-32-20-26(47-17-14-23(3)4)8-11-29(32)35(41-39)43-37/h7-12,19-24H,13-18H2,1-6H3. The fourth-order valence-electron chi connectivity index (χ4n) is 5.69. The minimum absolute atomic E-state index is 0.631. The van der Waals surface area contributed by atoms with E-state index in [2.05, 4.69) is 96.1 Å². The highest BCUT2D eigenvalue weighted by atomic mass is 32.2. The first-order valence-electron chi connectivity index (χ1n) is 17.1. The number of benzene rings is 3. The van der Waals surface area contributed by atoms with Gasteiger partial charge in [0.15, 0.2) is 35.0 Å². The third kappa shape index (κ3) is 7.19. The summed E-state index contributed by atoms with van der Waals surface area (Å²) in [7, 11) is 0. The normalized spacial score (nSPS) is 15.7. The molecule has 246 valence electrons. The van der Waals surface area contributed by atoms with Gasteiger partial charge in [0.25, 0.3) is 0 Å². The summed E-state index contributed by atoms with van der Waals surface area (Å²) in [6.45, 7) is 13.6. The number of rotatable bonds is 12. The Morgan fingerprint density at radius 1 is 0.375 bits per heavy atom. The summed E-state index contributed by atoms with van der Waals surface area (Å²) in [5.74, 6) is 9.03. The van der Waals surface area contributed by atoms with Crippen molar-refractivity contribution in [3.63, 3.8) is 0 Å². The van der Waals surface area contributed by atoms with E-state index in [1.165, 1.54) is 33.9 Å². The first kappa shape index (κ1) is 33.2. The van der Waals surface area contributed by atoms with Gasteiger partial charge in [-0.05, 0) is 109 Å². The zero-order valence-electron chi connectivity index (χ0n) is 28.6. The van der Waals surface area contributed by atoms with Gasteiger partial charge >= 0.3 is 0 Å². The summed E-state index contributed by atoms with van der Waals surface area (Å²) in [5, 5.41) is 0. The maximum absolute atomic E-state index is 5.13. The van der Waals surface area contributed by atoms with Gasteiger partial charge in [0.2, 0.25) is 0 Å². The summed E-state index contributed by atoms with van der Waals surface area (Å²) < 4.78 is 0. The molecule has 4 aliphatic heterocycles. The molecule has 7 rings (SSSR count). The highest BCUT2D eigenvalue weighted by Gasteiger charge is 2.31. The maximum atomic E-state index is 5.13. The lowest BCUT2D eigenvalue weighted by Crippen LogP contribution is -2.03. The van der Waals surface area contributed by atoms with Crippen LogP contribution in [0, 0.1) is 17.8 Å². The third-order valence-corrected chi connectivity index (χ3v) is 11.7. The van der Waals surface area contributed by atoms with Gasteiger partial charge in [-0.3, -0.25) is 0 Å². The Kier molecular flexibility index (Phi) is 9.90. The van der Waals surface area contributed by atoms with Gasteiger partial charge in [-0.1, -0.05) is 41.5 Å². The Morgan fingerprint density at radius 3 is 0.875 bits per heavy atom. The van der Waals surface area contributed by atoms with Crippen molar-refractivity contribution in [1.82, 2.24) is 0 Å². The molecule has 3 aromatic carbocycles. The molecule has 0 atom stereocenters. The van der Waals surface area contributed by atoms with Gasteiger partial charge in [0, 0.05) is 48.1 Å². The predicted molar refractivity (Wildman–Crippen MR) is 209 cm³/mol. The van der Waals surface area contributed by atoms with Crippen molar-refractivity contribution in [3.05, 3.63) is 88.0 Å². The number of fused-ring (bicyclic) bond motifs is 12. The molecule has 0 aliphatic carbocycles. The van der Waals surface area contributed by atoms with E-state index < -0.39 is 0 Å². The van der Waals surface area contributed by atoms with E-state index in [9.17, 15) is 0 Å². The molecule has 4 aliphatic rings. The average Bonchev–Trinajstić information content (AvgIpc) is 3.68. The smallest absolute Gasteiger partial charge is 0.164 e. The Labute approximate surface area is 297 Å². The molecule has 0 saturated heterocycles. The fraction of sp³-hybridized carbons (Fsp3) is 0.385. The van der Waals surface area contributed by atoms with Crippen molar-refractivity contribution in [2.45, 2.75) is 75.5 Å². The van der Waals surface area contributed by atoms with E-state index in [4.69, 9.17) is 30.0 Å². The van der Waals surface area contributed by atoms with Gasteiger partial charge in [-0.2, -0.15) is 0 Å². The van der Waals surface area contributed by atoms with Crippen molar-refractivity contribution in [3.8, 4) is 0 Å². The average molecular weight is 691 g/mol. The second-order valence-electron chi connectivity index (χ2n) is 13.8. The third-order valence-electron chi connectivity index (χ3n) is 8.58. The SMILES string of the molecule is CC(C)CCSc1ccc2c(c1)C1=NC3=NC(=NC4=NC(=NC2=N1)c1cc(SCCC(C)C)ccc14)c1cc(SCCC(C)C)ccc13. The molecule has 0 saturated carbocycles. The minimum atomic E-state index is 0.631. The minimum Gasteiger partial charge on any atom is -0.208 e. The maximum Gasteiger partial charge on any atom is 0.164 e. The Morgan fingerprint density at radius 2 is 0.625 bits per heavy atom. The zero-order chi connectivity index (χ0) is 33.4. The van der Waals surface area contributed by atoms with Crippen LogP contribution in [0.2, 0.25) is 0 Å². The number of hydrogen-bond acceptors (Lipinski definition) is 9. The summed E-state index contributed by atoms with van der Waals surface area (Å²) in [6, 6.07) is 19.6. The fourth-order valence-corrected chi connectivity index (χ4v) is 9.26. The predicted octanol–water partition coefficient (Wildman–Crippen LogP) is 10.0. The van der Waals surface area contributed by atoms with Gasteiger partial charge in [-0.25, -0.2) is 30.0 Å². The second-order valence-corrected chi connectivity index (χ2v) is 17.3. The van der Waals surface area contributed by atoms with E-state index in [0.29, 0.717) is 52.8 Å². The topological polar surface area (TPSA) is 74.2 Å². The summed E-state index contributed by atoms with van der Waals surface area (Å²) in [6.07, 6.45) is 3.51. The van der Waals surface area contributed by atoms with Crippen LogP contribution in [0.15, 0.2) is 99.2 Å². The number of amidine groups is 6. The van der Waals surface area contributed by atoms with Crippen LogP contribution in [0.4, 0.5) is 0 Å². The van der Waals surface area contributed by atoms with E-state index in [1.807, 2.05) is 35.3 Å². The lowest BCUT2D eigenvalue weighted by molar-refractivity contribution is 0.632. The molecule has 0 amide bonds. The zero-order valence-corrected chi connectivity index (χ0v) is 31.0. The molecule has 0 aromatic heterocycles. The van der Waals surface area contributed by atoms with Crippen molar-refractivity contribution in [2.24, 2.45) is 47.7 Å². The highest BCUT2D eigenvalue weighted by molar-refractivity contribution is 7.99. The first-order chi connectivity index (χ1) is 23.2. The molecule has 0 unspecified atom stereocenters. The Hall–Kier alpha value is -3.27. The Balaban J connectivity index is 1.34. The van der Waals surface area contributed by atoms with Crippen molar-refractivity contribution >= 4 is 70.3 Å². The van der Waals surface area contributed by atoms with Crippen LogP contribution < -0.4 is 0 Å². The van der Waals surface area contributed by atoms with Gasteiger partial charge in [0.05, 0.1) is 0 Å². The van der Waals surface area contributed by atoms with Crippen LogP contribution in [0.1, 0.15) is 94.2 Å². The quantitative estimate of drug-likeness (QED) is 0.178. The lowest BCUT2D eigenvalue weighted by atomic mass is 10.1. The summed E-state index contributed by atoms with van der Waals surface area (Å²) in [4.78, 5) is 34.2. The van der Waals surface area contributed by atoms with Gasteiger partial charge in [0.1, 0.15) is 0 Å². The molecule has 48 heavy (non-hydrogen) atoms. The van der Waals surface area contributed by atoms with E-state index >= 15 is 0 Å². The van der Waals surface area contributed by atoms with E-state index in [-0.39, 0.29) is 0 Å². The molecular formula is C39H42N6S3. The lowest BCUT2D eigenvalue weighted by Gasteiger charge is -2.08. The molecule has 6 nitrogen and oxygen atoms in total. The molecule has 9 heteroatoms. The molecule has 0 radical (unpaired) electrons. The van der Waals surface area contributed by atoms with E-state index in [0.717, 1.165) is 50.6 Å². The van der Waals surface area contributed by atoms with Crippen molar-refractivity contribution in [2.75, 3.05) is 17.3 Å². The van der Waals surface area contributed by atoms with Gasteiger partial charge in [-0.15, -0.1) is 35.3 Å². The molecule has 4 heterocycles. The molecule has 0 spiro atoms. The van der Waals surface area contributed by atoms with Crippen molar-refractivity contribution in [1.29, 1.82) is 0 Å². The molecule has 0 N–H and O–H groups in total. The van der Waals surface area contributed by atoms with Crippen LogP contribution in [-0.4, -0.2) is 52.3 Å². The molecule has 3 aromatic rings. The number of nitrogens with zero attached hydrogens (tertiary/aromatic N) is 6. The summed E-state index contributed by atoms with van der Waals surface area (Å²) in [5.41, 5.74) is 5.87. The molecule has 6 bridgehead atoms. The van der Waals surface area contributed by atoms with Crippen LogP contribution in [0.3, 0.4) is 0 Å². The van der Waals surface area contributed by atoms with Crippen LogP contribution in [-0.2, 0) is 0 Å². The van der Waals surface area contributed by atoms with Gasteiger partial charge < -0.3 is 0 Å². The van der Waals surface area contributed by atoms with Crippen LogP contribution >= 0.6 is 35.3 Å².